The summed E-state index contributed by atoms with van der Waals surface area (Å²) in [6.07, 6.45) is 1.26. The van der Waals surface area contributed by atoms with Crippen LogP contribution in [0.5, 0.6) is 0 Å². The highest BCUT2D eigenvalue weighted by atomic mass is 19.2. The first kappa shape index (κ1) is 16.3. The number of halogens is 2. The van der Waals surface area contributed by atoms with Gasteiger partial charge in [-0.05, 0) is 32.0 Å². The summed E-state index contributed by atoms with van der Waals surface area (Å²) in [6.45, 7) is 4.61. The Kier molecular flexibility index (Phi) is 5.67. The second-order valence-electron chi connectivity index (χ2n) is 5.78. The van der Waals surface area contributed by atoms with Crippen molar-refractivity contribution < 1.29 is 13.5 Å². The van der Waals surface area contributed by atoms with Crippen LogP contribution in [0.1, 0.15) is 24.9 Å². The number of piperidine rings is 1. The summed E-state index contributed by atoms with van der Waals surface area (Å²) < 4.78 is 32.8. The van der Waals surface area contributed by atoms with Gasteiger partial charge in [-0.15, -0.1) is 0 Å². The summed E-state index contributed by atoms with van der Waals surface area (Å²) in [4.78, 5) is 2.25. The Morgan fingerprint density at radius 1 is 1.43 bits per heavy atom. The number of methoxy groups -OCH3 is 1. The first-order chi connectivity index (χ1) is 10.1. The number of likely N-dealkylation sites (N-methyl/N-ethyl adjacent to an activating group) is 1. The molecule has 1 saturated heterocycles. The molecule has 0 bridgehead atoms. The van der Waals surface area contributed by atoms with Crippen LogP contribution in [-0.2, 0) is 4.74 Å². The predicted octanol–water partition coefficient (Wildman–Crippen LogP) is 2.58. The van der Waals surface area contributed by atoms with Gasteiger partial charge in [-0.25, -0.2) is 8.78 Å². The molecule has 21 heavy (non-hydrogen) atoms. The van der Waals surface area contributed by atoms with Crippen LogP contribution in [0, 0.1) is 17.6 Å². The van der Waals surface area contributed by atoms with E-state index in [0.717, 1.165) is 25.6 Å². The van der Waals surface area contributed by atoms with Gasteiger partial charge >= 0.3 is 0 Å². The zero-order chi connectivity index (χ0) is 15.4. The molecule has 0 amide bonds. The normalized spacial score (nSPS) is 25.0. The number of likely N-dealkylation sites (tertiary alicyclic amines) is 1. The van der Waals surface area contributed by atoms with Crippen molar-refractivity contribution in [1.29, 1.82) is 0 Å². The average Bonchev–Trinajstić information content (AvgIpc) is 2.49. The monoisotopic (exact) mass is 298 g/mol. The summed E-state index contributed by atoms with van der Waals surface area (Å²) in [5, 5.41) is 3.09. The zero-order valence-corrected chi connectivity index (χ0v) is 12.9. The first-order valence-electron chi connectivity index (χ1n) is 7.43. The topological polar surface area (TPSA) is 24.5 Å². The summed E-state index contributed by atoms with van der Waals surface area (Å²) in [5.41, 5.74) is 0.380. The molecule has 3 nitrogen and oxygen atoms in total. The maximum atomic E-state index is 13.9. The van der Waals surface area contributed by atoms with Crippen LogP contribution in [0.25, 0.3) is 0 Å². The molecule has 0 saturated carbocycles. The highest BCUT2D eigenvalue weighted by Gasteiger charge is 2.28. The molecule has 1 aliphatic rings. The molecule has 1 aromatic carbocycles. The van der Waals surface area contributed by atoms with E-state index in [0.29, 0.717) is 18.0 Å². The quantitative estimate of drug-likeness (QED) is 0.904. The molecule has 1 aromatic rings. The molecule has 0 aromatic heterocycles. The van der Waals surface area contributed by atoms with Gasteiger partial charge in [0, 0.05) is 31.8 Å². The lowest BCUT2D eigenvalue weighted by atomic mass is 9.95. The van der Waals surface area contributed by atoms with Gasteiger partial charge in [0.25, 0.3) is 0 Å². The van der Waals surface area contributed by atoms with Gasteiger partial charge in [-0.3, -0.25) is 4.90 Å². The number of hydrogen-bond donors (Lipinski definition) is 1. The van der Waals surface area contributed by atoms with Gasteiger partial charge in [-0.1, -0.05) is 19.1 Å². The fraction of sp³-hybridized carbons (Fsp3) is 0.625. The molecule has 5 heteroatoms. The minimum Gasteiger partial charge on any atom is -0.380 e. The molecule has 2 rings (SSSR count). The Balaban J connectivity index is 2.07. The minimum absolute atomic E-state index is 0.202. The first-order valence-corrected chi connectivity index (χ1v) is 7.43. The van der Waals surface area contributed by atoms with E-state index < -0.39 is 11.6 Å². The van der Waals surface area contributed by atoms with Gasteiger partial charge < -0.3 is 10.1 Å². The Morgan fingerprint density at radius 2 is 2.19 bits per heavy atom. The van der Waals surface area contributed by atoms with E-state index in [1.807, 2.05) is 0 Å². The fourth-order valence-electron chi connectivity index (χ4n) is 2.96. The fourth-order valence-corrected chi connectivity index (χ4v) is 2.96. The average molecular weight is 298 g/mol. The van der Waals surface area contributed by atoms with Crippen LogP contribution >= 0.6 is 0 Å². The van der Waals surface area contributed by atoms with Gasteiger partial charge in [-0.2, -0.15) is 0 Å². The van der Waals surface area contributed by atoms with Crippen molar-refractivity contribution in [2.45, 2.75) is 25.5 Å². The zero-order valence-electron chi connectivity index (χ0n) is 12.9. The molecule has 118 valence electrons. The molecule has 0 aliphatic carbocycles. The van der Waals surface area contributed by atoms with Crippen molar-refractivity contribution in [2.24, 2.45) is 5.92 Å². The van der Waals surface area contributed by atoms with E-state index in [9.17, 15) is 8.78 Å². The van der Waals surface area contributed by atoms with Gasteiger partial charge in [0.2, 0.25) is 0 Å². The largest absolute Gasteiger partial charge is 0.380 e. The Bertz CT molecular complexity index is 470. The van der Waals surface area contributed by atoms with Crippen LogP contribution in [-0.4, -0.2) is 44.8 Å². The van der Waals surface area contributed by atoms with Crippen molar-refractivity contribution in [3.05, 3.63) is 35.4 Å². The highest BCUT2D eigenvalue weighted by Crippen LogP contribution is 2.24. The van der Waals surface area contributed by atoms with Gasteiger partial charge in [0.05, 0.1) is 6.10 Å². The smallest absolute Gasteiger partial charge is 0.163 e. The van der Waals surface area contributed by atoms with Crippen LogP contribution in [0.2, 0.25) is 0 Å². The van der Waals surface area contributed by atoms with E-state index in [-0.39, 0.29) is 12.1 Å². The van der Waals surface area contributed by atoms with Crippen molar-refractivity contribution in [1.82, 2.24) is 10.2 Å². The third kappa shape index (κ3) is 3.78. The Hall–Kier alpha value is -1.04. The van der Waals surface area contributed by atoms with E-state index >= 15 is 0 Å². The summed E-state index contributed by atoms with van der Waals surface area (Å²) in [6, 6.07) is 4.11. The molecule has 3 unspecified atom stereocenters. The summed E-state index contributed by atoms with van der Waals surface area (Å²) in [7, 11) is 3.50. The van der Waals surface area contributed by atoms with Crippen LogP contribution < -0.4 is 5.32 Å². The molecule has 1 fully saturated rings. The molecule has 0 spiro atoms. The van der Waals surface area contributed by atoms with Crippen LogP contribution in [0.3, 0.4) is 0 Å². The Labute approximate surface area is 125 Å². The van der Waals surface area contributed by atoms with Crippen LogP contribution in [0.4, 0.5) is 8.78 Å². The number of nitrogens with one attached hydrogen (secondary N) is 1. The maximum absolute atomic E-state index is 13.9. The van der Waals surface area contributed by atoms with Crippen molar-refractivity contribution in [3.63, 3.8) is 0 Å². The number of ether oxygens (including phenoxy) is 1. The SMILES string of the molecule is CNC(CN1CCC(C)C(OC)C1)c1cccc(F)c1F. The molecule has 0 radical (unpaired) electrons. The summed E-state index contributed by atoms with van der Waals surface area (Å²) in [5.74, 6) is -1.02. The van der Waals surface area contributed by atoms with Gasteiger partial charge in [0.1, 0.15) is 0 Å². The molecular weight excluding hydrogens is 274 g/mol. The number of rotatable bonds is 5. The molecule has 1 N–H and O–H groups in total. The highest BCUT2D eigenvalue weighted by molar-refractivity contribution is 5.23. The molecule has 1 heterocycles. The van der Waals surface area contributed by atoms with Crippen LogP contribution in [0.15, 0.2) is 18.2 Å². The third-order valence-electron chi connectivity index (χ3n) is 4.42. The molecule has 3 atom stereocenters. The van der Waals surface area contributed by atoms with E-state index in [2.05, 4.69) is 17.1 Å². The van der Waals surface area contributed by atoms with Crippen molar-refractivity contribution in [2.75, 3.05) is 33.8 Å². The van der Waals surface area contributed by atoms with E-state index in [1.54, 1.807) is 26.3 Å². The predicted molar refractivity (Wildman–Crippen MR) is 79.2 cm³/mol. The minimum atomic E-state index is -0.796. The number of nitrogens with zero attached hydrogens (tertiary/aromatic N) is 1. The van der Waals surface area contributed by atoms with E-state index in [1.165, 1.54) is 0 Å². The lowest BCUT2D eigenvalue weighted by Gasteiger charge is -2.38. The maximum Gasteiger partial charge on any atom is 0.163 e. The second kappa shape index (κ2) is 7.29. The molecular formula is C16H24F2N2O. The third-order valence-corrected chi connectivity index (χ3v) is 4.42. The van der Waals surface area contributed by atoms with Crippen molar-refractivity contribution >= 4 is 0 Å². The van der Waals surface area contributed by atoms with Crippen molar-refractivity contribution in [3.8, 4) is 0 Å². The molecule has 1 aliphatic heterocycles. The van der Waals surface area contributed by atoms with Gasteiger partial charge in [0.15, 0.2) is 11.6 Å². The van der Waals surface area contributed by atoms with E-state index in [4.69, 9.17) is 4.74 Å². The second-order valence-corrected chi connectivity index (χ2v) is 5.78. The Morgan fingerprint density at radius 3 is 2.86 bits per heavy atom. The lowest BCUT2D eigenvalue weighted by molar-refractivity contribution is -0.00739. The summed E-state index contributed by atoms with van der Waals surface area (Å²) >= 11 is 0. The lowest BCUT2D eigenvalue weighted by Crippen LogP contribution is -2.46. The number of hydrogen-bond acceptors (Lipinski definition) is 3. The standard InChI is InChI=1S/C16H24F2N2O/c1-11-7-8-20(10-15(11)21-3)9-14(19-2)12-5-4-6-13(17)16(12)18/h4-6,11,14-15,19H,7-10H2,1-3H3. The number of benzene rings is 1.